The van der Waals surface area contributed by atoms with Gasteiger partial charge in [-0.1, -0.05) is 77.8 Å². The van der Waals surface area contributed by atoms with Gasteiger partial charge in [0.1, 0.15) is 0 Å². The molecule has 0 aliphatic heterocycles. The highest BCUT2D eigenvalue weighted by Crippen LogP contribution is 2.43. The van der Waals surface area contributed by atoms with E-state index in [1.165, 1.54) is 24.1 Å². The van der Waals surface area contributed by atoms with Gasteiger partial charge in [-0.25, -0.2) is 0 Å². The van der Waals surface area contributed by atoms with Gasteiger partial charge in [0.05, 0.1) is 0 Å². The monoisotopic (exact) mass is 314 g/mol. The molecular formula is C21H34Si. The standard InChI is InChI=1S/C21H34Si/c1-8-17-22(21(6,7)10-3,18-16-20(4,5)9-2)19-14-12-11-13-15-19/h11-15H,8-10,17H2,1-7H3. The van der Waals surface area contributed by atoms with Crippen LogP contribution in [0.4, 0.5) is 0 Å². The predicted molar refractivity (Wildman–Crippen MR) is 103 cm³/mol. The molecule has 22 heavy (non-hydrogen) atoms. The van der Waals surface area contributed by atoms with Gasteiger partial charge in [-0.2, -0.15) is 0 Å². The first-order valence-electron chi connectivity index (χ1n) is 8.84. The Morgan fingerprint density at radius 3 is 1.95 bits per heavy atom. The van der Waals surface area contributed by atoms with Crippen molar-refractivity contribution in [3.63, 3.8) is 0 Å². The average molecular weight is 315 g/mol. The largest absolute Gasteiger partial charge is 0.174 e. The molecule has 0 aliphatic rings. The van der Waals surface area contributed by atoms with Crippen LogP contribution in [0.5, 0.6) is 0 Å². The van der Waals surface area contributed by atoms with Crippen molar-refractivity contribution < 1.29 is 0 Å². The molecule has 0 radical (unpaired) electrons. The van der Waals surface area contributed by atoms with Crippen molar-refractivity contribution in [2.75, 3.05) is 0 Å². The first-order chi connectivity index (χ1) is 10.2. The summed E-state index contributed by atoms with van der Waals surface area (Å²) in [7, 11) is -1.89. The van der Waals surface area contributed by atoms with E-state index < -0.39 is 8.07 Å². The molecule has 0 aromatic heterocycles. The fourth-order valence-electron chi connectivity index (χ4n) is 2.94. The Bertz CT molecular complexity index is 516. The minimum Gasteiger partial charge on any atom is -0.124 e. The fraction of sp³-hybridized carbons (Fsp3) is 0.619. The molecule has 0 aliphatic carbocycles. The van der Waals surface area contributed by atoms with E-state index in [0.29, 0.717) is 5.04 Å². The third kappa shape index (κ3) is 4.05. The first-order valence-corrected chi connectivity index (χ1v) is 11.0. The molecule has 0 saturated carbocycles. The molecule has 1 unspecified atom stereocenters. The quantitative estimate of drug-likeness (QED) is 0.451. The second-order valence-corrected chi connectivity index (χ2v) is 12.2. The van der Waals surface area contributed by atoms with Crippen molar-refractivity contribution in [3.8, 4) is 11.5 Å². The molecular weight excluding hydrogens is 280 g/mol. The molecule has 0 spiro atoms. The zero-order chi connectivity index (χ0) is 16.9. The minimum absolute atomic E-state index is 0.116. The molecule has 1 atom stereocenters. The van der Waals surface area contributed by atoms with Crippen molar-refractivity contribution in [3.05, 3.63) is 30.3 Å². The molecule has 1 rings (SSSR count). The van der Waals surface area contributed by atoms with Crippen LogP contribution in [-0.2, 0) is 0 Å². The van der Waals surface area contributed by atoms with Crippen LogP contribution < -0.4 is 5.19 Å². The minimum atomic E-state index is -1.89. The van der Waals surface area contributed by atoms with Crippen LogP contribution in [-0.4, -0.2) is 8.07 Å². The molecule has 0 amide bonds. The maximum atomic E-state index is 3.92. The Labute approximate surface area is 139 Å². The lowest BCUT2D eigenvalue weighted by molar-refractivity contribution is 0.484. The lowest BCUT2D eigenvalue weighted by Crippen LogP contribution is -2.55. The average Bonchev–Trinajstić information content (AvgIpc) is 2.52. The second kappa shape index (κ2) is 7.51. The van der Waals surface area contributed by atoms with Crippen molar-refractivity contribution in [2.24, 2.45) is 5.41 Å². The third-order valence-corrected chi connectivity index (χ3v) is 11.2. The summed E-state index contributed by atoms with van der Waals surface area (Å²) in [5.74, 6) is 3.69. The third-order valence-electron chi connectivity index (χ3n) is 5.43. The van der Waals surface area contributed by atoms with E-state index in [1.807, 2.05) is 0 Å². The summed E-state index contributed by atoms with van der Waals surface area (Å²) in [6, 6.07) is 12.4. The smallest absolute Gasteiger partial charge is 0.124 e. The number of hydrogen-bond acceptors (Lipinski definition) is 0. The lowest BCUT2D eigenvalue weighted by Gasteiger charge is -2.41. The summed E-state index contributed by atoms with van der Waals surface area (Å²) >= 11 is 0. The lowest BCUT2D eigenvalue weighted by atomic mass is 9.92. The number of rotatable bonds is 6. The SMILES string of the molecule is CCC[Si](C#CC(C)(C)CC)(c1ccccc1)C(C)(C)CC. The summed E-state index contributed by atoms with van der Waals surface area (Å²) in [4.78, 5) is 0. The maximum Gasteiger partial charge on any atom is 0.174 e. The van der Waals surface area contributed by atoms with Gasteiger partial charge in [-0.3, -0.25) is 0 Å². The molecule has 0 bridgehead atoms. The van der Waals surface area contributed by atoms with E-state index in [4.69, 9.17) is 0 Å². The van der Waals surface area contributed by atoms with Gasteiger partial charge in [0.15, 0.2) is 8.07 Å². The van der Waals surface area contributed by atoms with Gasteiger partial charge in [-0.15, -0.1) is 11.5 Å². The molecule has 0 saturated heterocycles. The zero-order valence-electron chi connectivity index (χ0n) is 15.7. The molecule has 0 heterocycles. The van der Waals surface area contributed by atoms with Gasteiger partial charge < -0.3 is 0 Å². The highest BCUT2D eigenvalue weighted by atomic mass is 28.3. The zero-order valence-corrected chi connectivity index (χ0v) is 16.7. The molecule has 0 N–H and O–H groups in total. The van der Waals surface area contributed by atoms with E-state index in [2.05, 4.69) is 90.3 Å². The number of benzene rings is 1. The fourth-order valence-corrected chi connectivity index (χ4v) is 7.96. The highest BCUT2D eigenvalue weighted by molar-refractivity contribution is 7.00. The van der Waals surface area contributed by atoms with Crippen LogP contribution in [0.25, 0.3) is 0 Å². The normalized spacial score (nSPS) is 14.9. The summed E-state index contributed by atoms with van der Waals surface area (Å²) in [5.41, 5.74) is 4.04. The van der Waals surface area contributed by atoms with Crippen molar-refractivity contribution >= 4 is 13.3 Å². The van der Waals surface area contributed by atoms with Crippen LogP contribution in [0.2, 0.25) is 11.1 Å². The summed E-state index contributed by atoms with van der Waals surface area (Å²) in [6.07, 6.45) is 3.51. The summed E-state index contributed by atoms with van der Waals surface area (Å²) < 4.78 is 0. The molecule has 0 fully saturated rings. The van der Waals surface area contributed by atoms with Gasteiger partial charge in [0.2, 0.25) is 0 Å². The van der Waals surface area contributed by atoms with E-state index in [1.54, 1.807) is 0 Å². The van der Waals surface area contributed by atoms with Crippen molar-refractivity contribution in [2.45, 2.75) is 78.8 Å². The van der Waals surface area contributed by atoms with Gasteiger partial charge >= 0.3 is 0 Å². The Kier molecular flexibility index (Phi) is 6.50. The Morgan fingerprint density at radius 2 is 1.50 bits per heavy atom. The number of hydrogen-bond donors (Lipinski definition) is 0. The topological polar surface area (TPSA) is 0 Å². The Balaban J connectivity index is 3.54. The van der Waals surface area contributed by atoms with Gasteiger partial charge in [0, 0.05) is 5.41 Å². The molecule has 1 aromatic carbocycles. The van der Waals surface area contributed by atoms with E-state index in [-0.39, 0.29) is 5.41 Å². The molecule has 1 heteroatoms. The summed E-state index contributed by atoms with van der Waals surface area (Å²) in [5, 5.41) is 1.81. The van der Waals surface area contributed by atoms with Crippen LogP contribution in [0.15, 0.2) is 30.3 Å². The Morgan fingerprint density at radius 1 is 0.909 bits per heavy atom. The first kappa shape index (κ1) is 19.0. The molecule has 122 valence electrons. The second-order valence-electron chi connectivity index (χ2n) is 7.75. The highest BCUT2D eigenvalue weighted by Gasteiger charge is 2.46. The molecule has 0 nitrogen and oxygen atoms in total. The van der Waals surface area contributed by atoms with Crippen LogP contribution in [0.3, 0.4) is 0 Å². The molecule has 1 aromatic rings. The predicted octanol–water partition coefficient (Wildman–Crippen LogP) is 5.92. The van der Waals surface area contributed by atoms with Crippen molar-refractivity contribution in [1.29, 1.82) is 0 Å². The Hall–Kier alpha value is -1.00. The van der Waals surface area contributed by atoms with Gasteiger partial charge in [0.25, 0.3) is 0 Å². The van der Waals surface area contributed by atoms with Crippen molar-refractivity contribution in [1.82, 2.24) is 0 Å². The van der Waals surface area contributed by atoms with Crippen LogP contribution in [0.1, 0.15) is 67.7 Å². The van der Waals surface area contributed by atoms with Crippen LogP contribution in [0, 0.1) is 16.9 Å². The van der Waals surface area contributed by atoms with Gasteiger partial charge in [-0.05, 0) is 36.5 Å². The maximum absolute atomic E-state index is 3.92. The van der Waals surface area contributed by atoms with Crippen LogP contribution >= 0.6 is 0 Å². The van der Waals surface area contributed by atoms with E-state index >= 15 is 0 Å². The van der Waals surface area contributed by atoms with E-state index in [0.717, 1.165) is 6.42 Å². The van der Waals surface area contributed by atoms with E-state index in [9.17, 15) is 0 Å². The summed E-state index contributed by atoms with van der Waals surface area (Å²) in [6.45, 7) is 16.3.